The van der Waals surface area contributed by atoms with E-state index >= 15 is 0 Å². The summed E-state index contributed by atoms with van der Waals surface area (Å²) >= 11 is 1.15. The number of para-hydroxylation sites is 1. The zero-order valence-corrected chi connectivity index (χ0v) is 18.9. The van der Waals surface area contributed by atoms with Gasteiger partial charge in [-0.1, -0.05) is 24.3 Å². The Hall–Kier alpha value is -3.65. The van der Waals surface area contributed by atoms with Crippen LogP contribution in [0.5, 0.6) is 0 Å². The molecule has 0 bridgehead atoms. The van der Waals surface area contributed by atoms with Crippen LogP contribution in [0.15, 0.2) is 59.2 Å². The number of halogens is 3. The van der Waals surface area contributed by atoms with E-state index in [1.807, 2.05) is 6.07 Å². The molecule has 7 nitrogen and oxygen atoms in total. The molecule has 2 aromatic carbocycles. The van der Waals surface area contributed by atoms with Crippen LogP contribution in [0.25, 0.3) is 0 Å². The predicted octanol–water partition coefficient (Wildman–Crippen LogP) is 5.87. The minimum atomic E-state index is -4.66. The third kappa shape index (κ3) is 5.63. The molecule has 1 amide bonds. The second kappa shape index (κ2) is 10.1. The highest BCUT2D eigenvalue weighted by Crippen LogP contribution is 2.36. The zero-order chi connectivity index (χ0) is 25.0. The third-order valence-electron chi connectivity index (χ3n) is 5.12. The number of aryl methyl sites for hydroxylation is 1. The van der Waals surface area contributed by atoms with E-state index in [1.165, 1.54) is 24.3 Å². The quantitative estimate of drug-likeness (QED) is 0.419. The fraction of sp³-hybridized carbons (Fsp3) is 0.261. The molecule has 1 aliphatic rings. The van der Waals surface area contributed by atoms with Crippen molar-refractivity contribution >= 4 is 34.1 Å². The van der Waals surface area contributed by atoms with Gasteiger partial charge in [0.2, 0.25) is 5.91 Å². The van der Waals surface area contributed by atoms with Crippen LogP contribution in [-0.4, -0.2) is 15.9 Å². The van der Waals surface area contributed by atoms with Crippen molar-refractivity contribution in [1.82, 2.24) is 0 Å². The van der Waals surface area contributed by atoms with Crippen molar-refractivity contribution in [3.8, 4) is 6.07 Å². The van der Waals surface area contributed by atoms with Crippen LogP contribution < -0.4 is 5.32 Å². The maximum absolute atomic E-state index is 13.3. The van der Waals surface area contributed by atoms with Crippen LogP contribution in [0.3, 0.4) is 0 Å². The fourth-order valence-electron chi connectivity index (χ4n) is 3.43. The minimum Gasteiger partial charge on any atom is -0.325 e. The maximum Gasteiger partial charge on any atom is 0.418 e. The number of nitro groups is 1. The molecular formula is C23H19F3N4O3S. The first-order chi connectivity index (χ1) is 16.0. The van der Waals surface area contributed by atoms with Gasteiger partial charge in [0.1, 0.15) is 5.92 Å². The summed E-state index contributed by atoms with van der Waals surface area (Å²) in [6, 6.07) is 11.4. The van der Waals surface area contributed by atoms with Gasteiger partial charge in [0, 0.05) is 23.1 Å². The number of anilines is 1. The van der Waals surface area contributed by atoms with Crippen molar-refractivity contribution in [1.29, 1.82) is 5.26 Å². The summed E-state index contributed by atoms with van der Waals surface area (Å²) in [6.45, 7) is 3.25. The van der Waals surface area contributed by atoms with Crippen LogP contribution in [0, 0.1) is 40.2 Å². The Labute approximate surface area is 197 Å². The lowest BCUT2D eigenvalue weighted by atomic mass is 9.90. The highest BCUT2D eigenvalue weighted by Gasteiger charge is 2.37. The zero-order valence-electron chi connectivity index (χ0n) is 18.1. The smallest absolute Gasteiger partial charge is 0.325 e. The molecule has 0 aromatic heterocycles. The number of carbonyl (C=O) groups is 1. The van der Waals surface area contributed by atoms with E-state index in [1.54, 1.807) is 26.0 Å². The first-order valence-electron chi connectivity index (χ1n) is 10.0. The van der Waals surface area contributed by atoms with Crippen molar-refractivity contribution < 1.29 is 22.9 Å². The monoisotopic (exact) mass is 488 g/mol. The average molecular weight is 488 g/mol. The van der Waals surface area contributed by atoms with E-state index in [0.29, 0.717) is 21.9 Å². The number of aliphatic imine (C=N–C) groups is 1. The first kappa shape index (κ1) is 25.0. The number of carbonyl (C=O) groups excluding carboxylic acids is 1. The molecule has 2 aromatic rings. The standard InChI is InChI=1S/C23H19F3N4O3S/c1-13-7-8-15(10-20(13)30(32)33)12-34-22-17(11-27)16(9-14(2)28-22)21(31)29-19-6-4-3-5-18(19)23(24,25)26/h3-10,16-17H,12H2,1-2H3,(H,29,31). The van der Waals surface area contributed by atoms with Gasteiger partial charge in [-0.05, 0) is 37.6 Å². The van der Waals surface area contributed by atoms with Crippen LogP contribution in [0.2, 0.25) is 0 Å². The Kier molecular flexibility index (Phi) is 7.41. The Morgan fingerprint density at radius 1 is 1.26 bits per heavy atom. The minimum absolute atomic E-state index is 0.0304. The number of benzene rings is 2. The van der Waals surface area contributed by atoms with Crippen molar-refractivity contribution in [3.05, 3.63) is 81.0 Å². The summed E-state index contributed by atoms with van der Waals surface area (Å²) in [7, 11) is 0. The molecule has 2 unspecified atom stereocenters. The summed E-state index contributed by atoms with van der Waals surface area (Å²) < 4.78 is 39.9. The molecule has 0 radical (unpaired) electrons. The Balaban J connectivity index is 1.80. The van der Waals surface area contributed by atoms with Crippen molar-refractivity contribution in [2.75, 3.05) is 5.32 Å². The van der Waals surface area contributed by atoms with Gasteiger partial charge in [-0.2, -0.15) is 18.4 Å². The van der Waals surface area contributed by atoms with Crippen molar-refractivity contribution in [3.63, 3.8) is 0 Å². The number of nitrogens with zero attached hydrogens (tertiary/aromatic N) is 3. The van der Waals surface area contributed by atoms with E-state index in [0.717, 1.165) is 23.9 Å². The van der Waals surface area contributed by atoms with E-state index in [-0.39, 0.29) is 11.4 Å². The highest BCUT2D eigenvalue weighted by atomic mass is 32.2. The van der Waals surface area contributed by atoms with Crippen LogP contribution in [0.4, 0.5) is 24.5 Å². The van der Waals surface area contributed by atoms with Gasteiger partial charge in [0.05, 0.1) is 33.2 Å². The van der Waals surface area contributed by atoms with Crippen LogP contribution in [0.1, 0.15) is 23.6 Å². The largest absolute Gasteiger partial charge is 0.418 e. The summed E-state index contributed by atoms with van der Waals surface area (Å²) in [5, 5.41) is 23.5. The Bertz CT molecular complexity index is 1230. The molecule has 34 heavy (non-hydrogen) atoms. The molecule has 176 valence electrons. The number of thioether (sulfide) groups is 1. The van der Waals surface area contributed by atoms with Gasteiger partial charge in [-0.25, -0.2) is 0 Å². The molecule has 0 saturated heterocycles. The molecule has 3 rings (SSSR count). The molecule has 0 fully saturated rings. The lowest BCUT2D eigenvalue weighted by Gasteiger charge is -2.24. The number of rotatable bonds is 5. The summed E-state index contributed by atoms with van der Waals surface area (Å²) in [5.41, 5.74) is 0.168. The molecule has 0 aliphatic carbocycles. The molecule has 0 spiro atoms. The van der Waals surface area contributed by atoms with E-state index < -0.39 is 40.1 Å². The molecule has 11 heteroatoms. The lowest BCUT2D eigenvalue weighted by Crippen LogP contribution is -2.33. The highest BCUT2D eigenvalue weighted by molar-refractivity contribution is 8.13. The number of nitrogens with one attached hydrogen (secondary N) is 1. The molecule has 1 heterocycles. The number of alkyl halides is 3. The van der Waals surface area contributed by atoms with Crippen LogP contribution >= 0.6 is 11.8 Å². The van der Waals surface area contributed by atoms with Crippen LogP contribution in [-0.2, 0) is 16.7 Å². The van der Waals surface area contributed by atoms with E-state index in [2.05, 4.69) is 10.3 Å². The molecule has 2 atom stereocenters. The van der Waals surface area contributed by atoms with Crippen molar-refractivity contribution in [2.45, 2.75) is 25.8 Å². The second-order valence-corrected chi connectivity index (χ2v) is 8.59. The van der Waals surface area contributed by atoms with Gasteiger partial charge >= 0.3 is 6.18 Å². The summed E-state index contributed by atoms with van der Waals surface area (Å²) in [6.07, 6.45) is -3.21. The number of allylic oxidation sites excluding steroid dienone is 1. The summed E-state index contributed by atoms with van der Waals surface area (Å²) in [5.74, 6) is -2.58. The van der Waals surface area contributed by atoms with E-state index in [9.17, 15) is 33.3 Å². The lowest BCUT2D eigenvalue weighted by molar-refractivity contribution is -0.385. The number of nitriles is 1. The Morgan fingerprint density at radius 2 is 1.97 bits per heavy atom. The molecule has 1 aliphatic heterocycles. The van der Waals surface area contributed by atoms with E-state index in [4.69, 9.17) is 0 Å². The third-order valence-corrected chi connectivity index (χ3v) is 6.24. The second-order valence-electron chi connectivity index (χ2n) is 7.59. The molecular weight excluding hydrogens is 469 g/mol. The summed E-state index contributed by atoms with van der Waals surface area (Å²) in [4.78, 5) is 28.0. The first-order valence-corrected chi connectivity index (χ1v) is 11.0. The Morgan fingerprint density at radius 3 is 2.62 bits per heavy atom. The number of hydrogen-bond donors (Lipinski definition) is 1. The molecule has 0 saturated carbocycles. The van der Waals surface area contributed by atoms with Gasteiger partial charge in [-0.15, -0.1) is 11.8 Å². The van der Waals surface area contributed by atoms with Gasteiger partial charge in [-0.3, -0.25) is 19.9 Å². The normalized spacial score (nSPS) is 17.9. The SMILES string of the molecule is CC1=CC(C(=O)Nc2ccccc2C(F)(F)F)C(C#N)C(SCc2ccc(C)c([N+](=O)[O-])c2)=N1. The van der Waals surface area contributed by atoms with Crippen molar-refractivity contribution in [2.24, 2.45) is 16.8 Å². The maximum atomic E-state index is 13.3. The predicted molar refractivity (Wildman–Crippen MR) is 123 cm³/mol. The number of amides is 1. The number of nitro benzene ring substituents is 1. The average Bonchev–Trinajstić information content (AvgIpc) is 2.77. The van der Waals surface area contributed by atoms with Gasteiger partial charge < -0.3 is 5.32 Å². The van der Waals surface area contributed by atoms with Gasteiger partial charge in [0.15, 0.2) is 0 Å². The van der Waals surface area contributed by atoms with Gasteiger partial charge in [0.25, 0.3) is 5.69 Å². The fourth-order valence-corrected chi connectivity index (χ4v) is 4.51. The topological polar surface area (TPSA) is 108 Å². The molecule has 1 N–H and O–H groups in total. The number of hydrogen-bond acceptors (Lipinski definition) is 6.